The Balaban J connectivity index is 2.32. The molecule has 0 saturated carbocycles. The van der Waals surface area contributed by atoms with E-state index in [0.29, 0.717) is 12.9 Å². The van der Waals surface area contributed by atoms with Crippen molar-refractivity contribution in [3.8, 4) is 0 Å². The van der Waals surface area contributed by atoms with E-state index in [0.717, 1.165) is 11.1 Å². The molecule has 0 spiro atoms. The molecule has 200 valence electrons. The van der Waals surface area contributed by atoms with Crippen LogP contribution in [0.25, 0.3) is 0 Å². The summed E-state index contributed by atoms with van der Waals surface area (Å²) >= 11 is 0. The minimum atomic E-state index is -2.14. The van der Waals surface area contributed by atoms with E-state index in [1.165, 1.54) is 7.11 Å². The van der Waals surface area contributed by atoms with Crippen molar-refractivity contribution in [1.82, 2.24) is 0 Å². The van der Waals surface area contributed by atoms with Crippen molar-refractivity contribution in [2.45, 2.75) is 76.5 Å². The quantitative estimate of drug-likeness (QED) is 0.195. The van der Waals surface area contributed by atoms with Gasteiger partial charge in [0.15, 0.2) is 14.6 Å². The van der Waals surface area contributed by atoms with Crippen LogP contribution in [0.15, 0.2) is 60.7 Å². The first-order valence-corrected chi connectivity index (χ1v) is 15.2. The molecule has 7 nitrogen and oxygen atoms in total. The average Bonchev–Trinajstić information content (AvgIpc) is 2.86. The van der Waals surface area contributed by atoms with Crippen LogP contribution >= 0.6 is 0 Å². The van der Waals surface area contributed by atoms with Gasteiger partial charge in [-0.15, -0.1) is 0 Å². The molecular formula is C28H42O7Si. The number of methoxy groups -OCH3 is 1. The van der Waals surface area contributed by atoms with Crippen LogP contribution in [0.3, 0.4) is 0 Å². The van der Waals surface area contributed by atoms with Crippen molar-refractivity contribution < 1.29 is 33.3 Å². The largest absolute Gasteiger partial charge is 0.414 e. The van der Waals surface area contributed by atoms with Crippen molar-refractivity contribution in [3.05, 3.63) is 71.8 Å². The van der Waals surface area contributed by atoms with E-state index in [-0.39, 0.29) is 25.0 Å². The molecular weight excluding hydrogens is 476 g/mol. The van der Waals surface area contributed by atoms with Gasteiger partial charge < -0.3 is 33.3 Å². The zero-order valence-corrected chi connectivity index (χ0v) is 23.4. The van der Waals surface area contributed by atoms with Gasteiger partial charge in [-0.05, 0) is 29.3 Å². The van der Waals surface area contributed by atoms with Gasteiger partial charge in [0.1, 0.15) is 31.2 Å². The first-order valence-electron chi connectivity index (χ1n) is 12.3. The lowest BCUT2D eigenvalue weighted by molar-refractivity contribution is -0.186. The maximum atomic E-state index is 11.8. The first kappa shape index (κ1) is 30.3. The topological polar surface area (TPSA) is 83.5 Å². The summed E-state index contributed by atoms with van der Waals surface area (Å²) in [6, 6.07) is 19.4. The van der Waals surface area contributed by atoms with Crippen LogP contribution in [0, 0.1) is 0 Å². The van der Waals surface area contributed by atoms with Crippen LogP contribution in [0.2, 0.25) is 18.1 Å². The fraction of sp³-hybridized carbons (Fsp3) is 0.536. The average molecular weight is 519 g/mol. The summed E-state index contributed by atoms with van der Waals surface area (Å²) in [7, 11) is -0.683. The monoisotopic (exact) mass is 518 g/mol. The molecule has 0 heterocycles. The van der Waals surface area contributed by atoms with E-state index < -0.39 is 32.7 Å². The Kier molecular flexibility index (Phi) is 12.4. The number of carbonyl (C=O) groups is 1. The van der Waals surface area contributed by atoms with Crippen molar-refractivity contribution >= 4 is 14.6 Å². The minimum absolute atomic E-state index is 0.0110. The standard InChI is InChI=1S/C28H42O7Si/c1-28(2,3)36(5,6)35-20-25(32-18-22-13-9-7-10-14-22)27(26(30)24(17-29)34-21-31-4)33-19-23-15-11-8-12-16-23/h7-17,24-27,30H,18-21H2,1-6H3/t24-,25+,26+,27+/m0/s1. The van der Waals surface area contributed by atoms with Gasteiger partial charge in [-0.3, -0.25) is 0 Å². The molecule has 0 aliphatic heterocycles. The highest BCUT2D eigenvalue weighted by Crippen LogP contribution is 2.37. The summed E-state index contributed by atoms with van der Waals surface area (Å²) in [6.07, 6.45) is -3.45. The summed E-state index contributed by atoms with van der Waals surface area (Å²) in [6.45, 7) is 11.4. The van der Waals surface area contributed by atoms with Crippen molar-refractivity contribution in [2.24, 2.45) is 0 Å². The summed E-state index contributed by atoms with van der Waals surface area (Å²) < 4.78 is 29.4. The second-order valence-electron chi connectivity index (χ2n) is 10.3. The third-order valence-electron chi connectivity index (χ3n) is 6.56. The van der Waals surface area contributed by atoms with Crippen molar-refractivity contribution in [3.63, 3.8) is 0 Å². The van der Waals surface area contributed by atoms with Crippen LogP contribution in [0.4, 0.5) is 0 Å². The molecule has 0 radical (unpaired) electrons. The molecule has 0 saturated heterocycles. The Morgan fingerprint density at radius 1 is 0.889 bits per heavy atom. The highest BCUT2D eigenvalue weighted by Gasteiger charge is 2.41. The lowest BCUT2D eigenvalue weighted by atomic mass is 10.0. The highest BCUT2D eigenvalue weighted by atomic mass is 28.4. The molecule has 8 heteroatoms. The molecule has 2 aromatic carbocycles. The highest BCUT2D eigenvalue weighted by molar-refractivity contribution is 6.74. The Bertz CT molecular complexity index is 870. The van der Waals surface area contributed by atoms with E-state index >= 15 is 0 Å². The summed E-state index contributed by atoms with van der Waals surface area (Å²) in [5.41, 5.74) is 1.91. The number of aliphatic hydroxyl groups excluding tert-OH is 1. The Morgan fingerprint density at radius 2 is 1.42 bits per heavy atom. The lowest BCUT2D eigenvalue weighted by Gasteiger charge is -2.39. The molecule has 4 atom stereocenters. The summed E-state index contributed by atoms with van der Waals surface area (Å²) in [5, 5.41) is 11.3. The van der Waals surface area contributed by atoms with Crippen molar-refractivity contribution in [1.29, 1.82) is 0 Å². The van der Waals surface area contributed by atoms with Gasteiger partial charge in [-0.25, -0.2) is 0 Å². The normalized spacial score (nSPS) is 15.8. The number of benzene rings is 2. The Labute approximate surface area is 216 Å². The fourth-order valence-corrected chi connectivity index (χ4v) is 4.28. The lowest BCUT2D eigenvalue weighted by Crippen LogP contribution is -2.52. The molecule has 0 aliphatic carbocycles. The van der Waals surface area contributed by atoms with Gasteiger partial charge in [-0.1, -0.05) is 81.4 Å². The Hall–Kier alpha value is -1.91. The summed E-state index contributed by atoms with van der Waals surface area (Å²) in [5.74, 6) is 0. The number of aldehydes is 1. The van der Waals surface area contributed by atoms with Gasteiger partial charge in [-0.2, -0.15) is 0 Å². The molecule has 0 amide bonds. The number of rotatable bonds is 16. The van der Waals surface area contributed by atoms with Crippen LogP contribution < -0.4 is 0 Å². The third-order valence-corrected chi connectivity index (χ3v) is 11.1. The van der Waals surface area contributed by atoms with Gasteiger partial charge in [0.05, 0.1) is 19.8 Å². The Morgan fingerprint density at radius 3 is 1.89 bits per heavy atom. The van der Waals surface area contributed by atoms with E-state index in [2.05, 4.69) is 33.9 Å². The van der Waals surface area contributed by atoms with Crippen LogP contribution in [-0.2, 0) is 41.4 Å². The minimum Gasteiger partial charge on any atom is -0.414 e. The number of hydrogen-bond acceptors (Lipinski definition) is 7. The summed E-state index contributed by atoms with van der Waals surface area (Å²) in [4.78, 5) is 11.8. The van der Waals surface area contributed by atoms with Crippen LogP contribution in [0.5, 0.6) is 0 Å². The maximum Gasteiger partial charge on any atom is 0.192 e. The number of carbonyl (C=O) groups excluding carboxylic acids is 1. The zero-order valence-electron chi connectivity index (χ0n) is 22.4. The van der Waals surface area contributed by atoms with Crippen LogP contribution in [0.1, 0.15) is 31.9 Å². The van der Waals surface area contributed by atoms with Gasteiger partial charge in [0.2, 0.25) is 0 Å². The second-order valence-corrected chi connectivity index (χ2v) is 15.1. The van der Waals surface area contributed by atoms with Gasteiger partial charge >= 0.3 is 0 Å². The third kappa shape index (κ3) is 9.52. The smallest absolute Gasteiger partial charge is 0.192 e. The number of hydrogen-bond donors (Lipinski definition) is 1. The molecule has 0 fully saturated rings. The van der Waals surface area contributed by atoms with E-state index in [1.54, 1.807) is 0 Å². The second kappa shape index (κ2) is 14.7. The first-order chi connectivity index (χ1) is 17.1. The van der Waals surface area contributed by atoms with Crippen LogP contribution in [-0.4, -0.2) is 64.6 Å². The molecule has 0 bridgehead atoms. The molecule has 0 unspecified atom stereocenters. The van der Waals surface area contributed by atoms with Crippen molar-refractivity contribution in [2.75, 3.05) is 20.5 Å². The van der Waals surface area contributed by atoms with E-state index in [9.17, 15) is 9.90 Å². The molecule has 0 aliphatic rings. The molecule has 2 aromatic rings. The molecule has 2 rings (SSSR count). The zero-order chi connectivity index (χ0) is 26.6. The number of aliphatic hydroxyl groups is 1. The molecule has 1 N–H and O–H groups in total. The molecule has 36 heavy (non-hydrogen) atoms. The SMILES string of the molecule is COCO[C@@H](C=O)[C@@H](O)[C@H](OCc1ccccc1)[C@@H](CO[Si](C)(C)C(C)(C)C)OCc1ccccc1. The predicted molar refractivity (Wildman–Crippen MR) is 142 cm³/mol. The molecule has 0 aromatic heterocycles. The maximum absolute atomic E-state index is 11.8. The van der Waals surface area contributed by atoms with Gasteiger partial charge in [0.25, 0.3) is 0 Å². The predicted octanol–water partition coefficient (Wildman–Crippen LogP) is 4.73. The van der Waals surface area contributed by atoms with Gasteiger partial charge in [0, 0.05) is 7.11 Å². The van der Waals surface area contributed by atoms with E-state index in [4.69, 9.17) is 23.4 Å². The number of ether oxygens (including phenoxy) is 4. The fourth-order valence-electron chi connectivity index (χ4n) is 3.27. The van der Waals surface area contributed by atoms with E-state index in [1.807, 2.05) is 60.7 Å².